The molecular weight excluding hydrogens is 244 g/mol. The van der Waals surface area contributed by atoms with Crippen LogP contribution in [0.1, 0.15) is 18.9 Å². The van der Waals surface area contributed by atoms with Crippen LogP contribution in [0.3, 0.4) is 0 Å². The highest BCUT2D eigenvalue weighted by Crippen LogP contribution is 2.28. The number of hydrogen-bond donors (Lipinski definition) is 1. The smallest absolute Gasteiger partial charge is 0.133 e. The highest BCUT2D eigenvalue weighted by molar-refractivity contribution is 7.99. The molecule has 5 heteroatoms. The van der Waals surface area contributed by atoms with E-state index in [0.717, 1.165) is 34.4 Å². The number of pyridine rings is 1. The highest BCUT2D eigenvalue weighted by atomic mass is 32.2. The molecule has 2 aromatic rings. The van der Waals surface area contributed by atoms with Crippen molar-refractivity contribution < 1.29 is 0 Å². The minimum absolute atomic E-state index is 0.908. The zero-order valence-electron chi connectivity index (χ0n) is 10.6. The summed E-state index contributed by atoms with van der Waals surface area (Å²) in [7, 11) is 0. The largest absolute Gasteiger partial charge is 0.370 e. The van der Waals surface area contributed by atoms with Gasteiger partial charge in [0, 0.05) is 18.3 Å². The van der Waals surface area contributed by atoms with Crippen molar-refractivity contribution >= 4 is 17.6 Å². The van der Waals surface area contributed by atoms with Gasteiger partial charge in [0.25, 0.3) is 0 Å². The van der Waals surface area contributed by atoms with Crippen LogP contribution in [0.5, 0.6) is 0 Å². The highest BCUT2D eigenvalue weighted by Gasteiger charge is 2.08. The van der Waals surface area contributed by atoms with Crippen molar-refractivity contribution in [2.45, 2.75) is 30.3 Å². The molecule has 0 saturated carbocycles. The van der Waals surface area contributed by atoms with Crippen molar-refractivity contribution in [1.82, 2.24) is 15.0 Å². The number of nitrogens with zero attached hydrogens (tertiary/aromatic N) is 3. The number of aromatic nitrogens is 3. The van der Waals surface area contributed by atoms with Crippen LogP contribution in [0.4, 0.5) is 5.82 Å². The first kappa shape index (κ1) is 12.8. The predicted molar refractivity (Wildman–Crippen MR) is 73.9 cm³/mol. The van der Waals surface area contributed by atoms with E-state index in [1.807, 2.05) is 25.1 Å². The Kier molecular flexibility index (Phi) is 4.52. The second-order valence-electron chi connectivity index (χ2n) is 3.85. The monoisotopic (exact) mass is 260 g/mol. The van der Waals surface area contributed by atoms with E-state index in [1.54, 1.807) is 24.3 Å². The molecule has 0 aliphatic heterocycles. The van der Waals surface area contributed by atoms with Crippen molar-refractivity contribution in [3.63, 3.8) is 0 Å². The van der Waals surface area contributed by atoms with Crippen molar-refractivity contribution in [2.24, 2.45) is 0 Å². The van der Waals surface area contributed by atoms with Crippen LogP contribution in [0, 0.1) is 6.92 Å². The Morgan fingerprint density at radius 1 is 1.22 bits per heavy atom. The van der Waals surface area contributed by atoms with Gasteiger partial charge in [-0.05, 0) is 37.2 Å². The first-order chi connectivity index (χ1) is 8.81. The van der Waals surface area contributed by atoms with Gasteiger partial charge in [0.1, 0.15) is 22.2 Å². The molecule has 0 fully saturated rings. The number of rotatable bonds is 5. The predicted octanol–water partition coefficient (Wildman–Crippen LogP) is 3.15. The van der Waals surface area contributed by atoms with E-state index in [9.17, 15) is 0 Å². The lowest BCUT2D eigenvalue weighted by molar-refractivity contribution is 0.937. The zero-order valence-corrected chi connectivity index (χ0v) is 11.4. The molecule has 94 valence electrons. The quantitative estimate of drug-likeness (QED) is 0.837. The minimum Gasteiger partial charge on any atom is -0.370 e. The molecule has 1 N–H and O–H groups in total. The normalized spacial score (nSPS) is 10.3. The van der Waals surface area contributed by atoms with Crippen LogP contribution in [0.2, 0.25) is 0 Å². The van der Waals surface area contributed by atoms with E-state index in [2.05, 4.69) is 27.2 Å². The summed E-state index contributed by atoms with van der Waals surface area (Å²) in [5.74, 6) is 0.908. The minimum atomic E-state index is 0.908. The maximum atomic E-state index is 4.31. The van der Waals surface area contributed by atoms with Gasteiger partial charge in [-0.25, -0.2) is 15.0 Å². The lowest BCUT2D eigenvalue weighted by Gasteiger charge is -2.09. The summed E-state index contributed by atoms with van der Waals surface area (Å²) in [6.07, 6.45) is 4.46. The van der Waals surface area contributed by atoms with Gasteiger partial charge in [0.2, 0.25) is 0 Å². The van der Waals surface area contributed by atoms with E-state index >= 15 is 0 Å². The van der Waals surface area contributed by atoms with E-state index in [4.69, 9.17) is 0 Å². The lowest BCUT2D eigenvalue weighted by Crippen LogP contribution is -2.05. The van der Waals surface area contributed by atoms with E-state index in [1.165, 1.54) is 0 Å². The maximum absolute atomic E-state index is 4.31. The van der Waals surface area contributed by atoms with Crippen LogP contribution in [0.25, 0.3) is 0 Å². The first-order valence-electron chi connectivity index (χ1n) is 5.95. The average molecular weight is 260 g/mol. The number of hydrogen-bond acceptors (Lipinski definition) is 5. The topological polar surface area (TPSA) is 50.7 Å². The SMILES string of the molecule is CCCNc1ncnc(Sc2ccccn2)c1C. The van der Waals surface area contributed by atoms with Crippen molar-refractivity contribution in [3.05, 3.63) is 36.3 Å². The van der Waals surface area contributed by atoms with Gasteiger partial charge in [-0.15, -0.1) is 0 Å². The Morgan fingerprint density at radius 2 is 2.11 bits per heavy atom. The van der Waals surface area contributed by atoms with Crippen LogP contribution >= 0.6 is 11.8 Å². The average Bonchev–Trinajstić information content (AvgIpc) is 2.41. The summed E-state index contributed by atoms with van der Waals surface area (Å²) >= 11 is 1.56. The molecule has 0 aliphatic rings. The molecular formula is C13H16N4S. The van der Waals surface area contributed by atoms with E-state index in [0.29, 0.717) is 0 Å². The van der Waals surface area contributed by atoms with Crippen molar-refractivity contribution in [1.29, 1.82) is 0 Å². The first-order valence-corrected chi connectivity index (χ1v) is 6.77. The summed E-state index contributed by atoms with van der Waals surface area (Å²) in [6.45, 7) is 5.09. The summed E-state index contributed by atoms with van der Waals surface area (Å²) in [5.41, 5.74) is 1.07. The molecule has 0 bridgehead atoms. The van der Waals surface area contributed by atoms with Gasteiger partial charge in [-0.1, -0.05) is 13.0 Å². The zero-order chi connectivity index (χ0) is 12.8. The summed E-state index contributed by atoms with van der Waals surface area (Å²) < 4.78 is 0. The molecule has 0 amide bonds. The Bertz CT molecular complexity index is 502. The molecule has 0 atom stereocenters. The summed E-state index contributed by atoms with van der Waals surface area (Å²) in [6, 6.07) is 5.86. The molecule has 0 spiro atoms. The fraction of sp³-hybridized carbons (Fsp3) is 0.308. The third-order valence-electron chi connectivity index (χ3n) is 2.42. The van der Waals surface area contributed by atoms with Crippen LogP contribution in [0.15, 0.2) is 40.8 Å². The van der Waals surface area contributed by atoms with Crippen LogP contribution < -0.4 is 5.32 Å². The van der Waals surface area contributed by atoms with E-state index < -0.39 is 0 Å². The molecule has 0 saturated heterocycles. The summed E-state index contributed by atoms with van der Waals surface area (Å²) in [5, 5.41) is 5.20. The Hall–Kier alpha value is -1.62. The van der Waals surface area contributed by atoms with Crippen LogP contribution in [-0.4, -0.2) is 21.5 Å². The molecule has 0 radical (unpaired) electrons. The molecule has 18 heavy (non-hydrogen) atoms. The molecule has 0 unspecified atom stereocenters. The Morgan fingerprint density at radius 3 is 2.83 bits per heavy atom. The van der Waals surface area contributed by atoms with Crippen molar-refractivity contribution in [2.75, 3.05) is 11.9 Å². The number of nitrogens with one attached hydrogen (secondary N) is 1. The standard InChI is InChI=1S/C13H16N4S/c1-3-7-15-12-10(2)13(17-9-16-12)18-11-6-4-5-8-14-11/h4-6,8-9H,3,7H2,1-2H3,(H,15,16,17). The molecule has 2 heterocycles. The molecule has 0 aromatic carbocycles. The maximum Gasteiger partial charge on any atom is 0.133 e. The van der Waals surface area contributed by atoms with Gasteiger partial charge in [-0.2, -0.15) is 0 Å². The molecule has 0 aliphatic carbocycles. The lowest BCUT2D eigenvalue weighted by atomic mass is 10.3. The Balaban J connectivity index is 2.18. The van der Waals surface area contributed by atoms with Gasteiger partial charge >= 0.3 is 0 Å². The fourth-order valence-electron chi connectivity index (χ4n) is 1.47. The van der Waals surface area contributed by atoms with Gasteiger partial charge < -0.3 is 5.32 Å². The van der Waals surface area contributed by atoms with Crippen LogP contribution in [-0.2, 0) is 0 Å². The Labute approximate surface area is 111 Å². The third kappa shape index (κ3) is 3.20. The fourth-order valence-corrected chi connectivity index (χ4v) is 2.27. The molecule has 2 aromatic heterocycles. The second-order valence-corrected chi connectivity index (χ2v) is 4.86. The van der Waals surface area contributed by atoms with Crippen molar-refractivity contribution in [3.8, 4) is 0 Å². The van der Waals surface area contributed by atoms with Gasteiger partial charge in [0.15, 0.2) is 0 Å². The molecule has 4 nitrogen and oxygen atoms in total. The van der Waals surface area contributed by atoms with Gasteiger partial charge in [-0.3, -0.25) is 0 Å². The summed E-state index contributed by atoms with van der Waals surface area (Å²) in [4.78, 5) is 12.9. The number of anilines is 1. The van der Waals surface area contributed by atoms with E-state index in [-0.39, 0.29) is 0 Å². The molecule has 2 rings (SSSR count). The third-order valence-corrected chi connectivity index (χ3v) is 3.47. The van der Waals surface area contributed by atoms with Gasteiger partial charge in [0.05, 0.1) is 0 Å². The second kappa shape index (κ2) is 6.35.